The molecule has 0 unspecified atom stereocenters. The van der Waals surface area contributed by atoms with E-state index in [9.17, 15) is 14.4 Å². The Morgan fingerprint density at radius 3 is 2.28 bits per heavy atom. The van der Waals surface area contributed by atoms with Gasteiger partial charge in [-0.1, -0.05) is 6.42 Å². The van der Waals surface area contributed by atoms with Crippen LogP contribution in [0.5, 0.6) is 0 Å². The molecule has 0 saturated heterocycles. The maximum Gasteiger partial charge on any atom is 0.310 e. The summed E-state index contributed by atoms with van der Waals surface area (Å²) in [5.41, 5.74) is -0.865. The molecule has 6 nitrogen and oxygen atoms in total. The van der Waals surface area contributed by atoms with Crippen LogP contribution in [0.1, 0.15) is 32.1 Å². The summed E-state index contributed by atoms with van der Waals surface area (Å²) in [6.45, 7) is 0.256. The fraction of sp³-hybridized carbons (Fsp3) is 0.750. The van der Waals surface area contributed by atoms with Crippen molar-refractivity contribution in [3.05, 3.63) is 0 Å². The minimum atomic E-state index is -0.895. The van der Waals surface area contributed by atoms with E-state index < -0.39 is 11.4 Å². The Balaban J connectivity index is 2.30. The number of carbonyl (C=O) groups excluding carboxylic acids is 2. The van der Waals surface area contributed by atoms with Gasteiger partial charge in [0, 0.05) is 33.5 Å². The molecule has 1 aliphatic carbocycles. The highest BCUT2D eigenvalue weighted by Gasteiger charge is 2.45. The van der Waals surface area contributed by atoms with E-state index in [1.54, 1.807) is 14.1 Å². The molecule has 0 bridgehead atoms. The van der Waals surface area contributed by atoms with Crippen LogP contribution >= 0.6 is 0 Å². The first-order valence-electron chi connectivity index (χ1n) is 6.08. The van der Waals surface area contributed by atoms with E-state index in [0.717, 1.165) is 6.42 Å². The molecule has 0 spiro atoms. The van der Waals surface area contributed by atoms with Gasteiger partial charge in [-0.15, -0.1) is 0 Å². The van der Waals surface area contributed by atoms with Gasteiger partial charge in [-0.25, -0.2) is 0 Å². The van der Waals surface area contributed by atoms with Gasteiger partial charge in [0.05, 0.1) is 5.41 Å². The summed E-state index contributed by atoms with van der Waals surface area (Å²) in [5, 5.41) is 11.7. The van der Waals surface area contributed by atoms with E-state index in [1.165, 1.54) is 4.90 Å². The minimum absolute atomic E-state index is 0.0124. The molecule has 0 heterocycles. The average Bonchev–Trinajstić information content (AvgIpc) is 2.22. The molecule has 2 amide bonds. The molecule has 0 aliphatic heterocycles. The summed E-state index contributed by atoms with van der Waals surface area (Å²) in [6, 6.07) is 0. The van der Waals surface area contributed by atoms with Crippen molar-refractivity contribution < 1.29 is 19.5 Å². The van der Waals surface area contributed by atoms with Crippen molar-refractivity contribution in [2.45, 2.75) is 32.1 Å². The highest BCUT2D eigenvalue weighted by atomic mass is 16.4. The third-order valence-electron chi connectivity index (χ3n) is 3.42. The van der Waals surface area contributed by atoms with Crippen LogP contribution in [0, 0.1) is 5.41 Å². The molecule has 0 radical (unpaired) electrons. The molecule has 2 N–H and O–H groups in total. The van der Waals surface area contributed by atoms with Gasteiger partial charge in [-0.2, -0.15) is 0 Å². The number of carbonyl (C=O) groups is 3. The monoisotopic (exact) mass is 256 g/mol. The van der Waals surface area contributed by atoms with Crippen LogP contribution in [0.3, 0.4) is 0 Å². The van der Waals surface area contributed by atoms with E-state index in [-0.39, 0.29) is 31.2 Å². The van der Waals surface area contributed by atoms with Crippen LogP contribution in [-0.4, -0.2) is 48.4 Å². The van der Waals surface area contributed by atoms with Crippen LogP contribution in [0.2, 0.25) is 0 Å². The molecule has 0 atom stereocenters. The third-order valence-corrected chi connectivity index (χ3v) is 3.42. The predicted octanol–water partition coefficient (Wildman–Crippen LogP) is 0.226. The average molecular weight is 256 g/mol. The second kappa shape index (κ2) is 5.84. The zero-order valence-electron chi connectivity index (χ0n) is 10.9. The largest absolute Gasteiger partial charge is 0.481 e. The van der Waals surface area contributed by atoms with Gasteiger partial charge >= 0.3 is 5.97 Å². The van der Waals surface area contributed by atoms with Crippen molar-refractivity contribution in [1.29, 1.82) is 0 Å². The van der Waals surface area contributed by atoms with Crippen molar-refractivity contribution >= 4 is 17.8 Å². The van der Waals surface area contributed by atoms with E-state index in [0.29, 0.717) is 12.8 Å². The van der Waals surface area contributed by atoms with Crippen LogP contribution < -0.4 is 5.32 Å². The summed E-state index contributed by atoms with van der Waals surface area (Å²) < 4.78 is 0. The summed E-state index contributed by atoms with van der Waals surface area (Å²) in [4.78, 5) is 35.4. The molecule has 102 valence electrons. The molecule has 0 aromatic heterocycles. The topological polar surface area (TPSA) is 86.7 Å². The second-order valence-electron chi connectivity index (χ2n) is 5.00. The fourth-order valence-electron chi connectivity index (χ4n) is 1.97. The van der Waals surface area contributed by atoms with Gasteiger partial charge in [0.1, 0.15) is 0 Å². The van der Waals surface area contributed by atoms with Gasteiger partial charge in [-0.3, -0.25) is 14.4 Å². The lowest BCUT2D eigenvalue weighted by atomic mass is 9.66. The van der Waals surface area contributed by atoms with Gasteiger partial charge in [0.2, 0.25) is 11.8 Å². The lowest BCUT2D eigenvalue weighted by Crippen LogP contribution is -2.43. The molecule has 6 heteroatoms. The summed E-state index contributed by atoms with van der Waals surface area (Å²) in [7, 11) is 3.30. The fourth-order valence-corrected chi connectivity index (χ4v) is 1.97. The van der Waals surface area contributed by atoms with E-state index in [4.69, 9.17) is 5.11 Å². The SMILES string of the molecule is CN(C)C(=O)CCNC(=O)CC1(C(=O)O)CCC1. The van der Waals surface area contributed by atoms with E-state index in [2.05, 4.69) is 5.32 Å². The lowest BCUT2D eigenvalue weighted by Gasteiger charge is -2.36. The van der Waals surface area contributed by atoms with Crippen LogP contribution in [0.4, 0.5) is 0 Å². The van der Waals surface area contributed by atoms with Crippen LogP contribution in [0.15, 0.2) is 0 Å². The summed E-state index contributed by atoms with van der Waals surface area (Å²) in [6.07, 6.45) is 2.23. The van der Waals surface area contributed by atoms with Crippen molar-refractivity contribution in [2.75, 3.05) is 20.6 Å². The molecule has 1 fully saturated rings. The summed E-state index contributed by atoms with van der Waals surface area (Å²) in [5.74, 6) is -1.25. The molecule has 1 rings (SSSR count). The molecule has 0 aromatic rings. The molecule has 1 aliphatic rings. The molecule has 1 saturated carbocycles. The van der Waals surface area contributed by atoms with Crippen molar-refractivity contribution in [3.8, 4) is 0 Å². The van der Waals surface area contributed by atoms with Gasteiger partial charge in [0.15, 0.2) is 0 Å². The Labute approximate surface area is 106 Å². The number of nitrogens with zero attached hydrogens (tertiary/aromatic N) is 1. The number of hydrogen-bond donors (Lipinski definition) is 2. The number of amides is 2. The number of carboxylic acid groups (broad SMARTS) is 1. The summed E-state index contributed by atoms with van der Waals surface area (Å²) >= 11 is 0. The zero-order chi connectivity index (χ0) is 13.8. The quantitative estimate of drug-likeness (QED) is 0.712. The Hall–Kier alpha value is -1.59. The first kappa shape index (κ1) is 14.5. The number of carboxylic acids is 1. The van der Waals surface area contributed by atoms with Gasteiger partial charge in [-0.05, 0) is 12.8 Å². The van der Waals surface area contributed by atoms with E-state index >= 15 is 0 Å². The predicted molar refractivity (Wildman–Crippen MR) is 64.9 cm³/mol. The Morgan fingerprint density at radius 1 is 1.28 bits per heavy atom. The first-order valence-corrected chi connectivity index (χ1v) is 6.08. The standard InChI is InChI=1S/C12H20N2O4/c1-14(2)10(16)4-7-13-9(15)8-12(11(17)18)5-3-6-12/h3-8H2,1-2H3,(H,13,15)(H,17,18). The Kier molecular flexibility index (Phi) is 4.69. The highest BCUT2D eigenvalue weighted by molar-refractivity contribution is 5.86. The van der Waals surface area contributed by atoms with Crippen LogP contribution in [-0.2, 0) is 14.4 Å². The maximum absolute atomic E-state index is 11.6. The number of nitrogens with one attached hydrogen (secondary N) is 1. The van der Waals surface area contributed by atoms with Crippen LogP contribution in [0.25, 0.3) is 0 Å². The smallest absolute Gasteiger partial charge is 0.310 e. The van der Waals surface area contributed by atoms with E-state index in [1.807, 2.05) is 0 Å². The highest BCUT2D eigenvalue weighted by Crippen LogP contribution is 2.44. The number of hydrogen-bond acceptors (Lipinski definition) is 3. The minimum Gasteiger partial charge on any atom is -0.481 e. The molecule has 0 aromatic carbocycles. The molecular weight excluding hydrogens is 236 g/mol. The normalized spacial score (nSPS) is 16.6. The molecule has 18 heavy (non-hydrogen) atoms. The second-order valence-corrected chi connectivity index (χ2v) is 5.00. The maximum atomic E-state index is 11.6. The molecular formula is C12H20N2O4. The Bertz CT molecular complexity index is 348. The number of aliphatic carboxylic acids is 1. The third kappa shape index (κ3) is 3.45. The van der Waals surface area contributed by atoms with Gasteiger partial charge in [0.25, 0.3) is 0 Å². The zero-order valence-corrected chi connectivity index (χ0v) is 10.9. The van der Waals surface area contributed by atoms with Crippen molar-refractivity contribution in [2.24, 2.45) is 5.41 Å². The first-order chi connectivity index (χ1) is 8.37. The Morgan fingerprint density at radius 2 is 1.89 bits per heavy atom. The number of rotatable bonds is 6. The van der Waals surface area contributed by atoms with Crippen molar-refractivity contribution in [1.82, 2.24) is 10.2 Å². The van der Waals surface area contributed by atoms with Crippen molar-refractivity contribution in [3.63, 3.8) is 0 Å². The van der Waals surface area contributed by atoms with Gasteiger partial charge < -0.3 is 15.3 Å². The lowest BCUT2D eigenvalue weighted by molar-refractivity contribution is -0.157.